The normalized spacial score (nSPS) is 15.5. The highest BCUT2D eigenvalue weighted by molar-refractivity contribution is 7.11. The summed E-state index contributed by atoms with van der Waals surface area (Å²) in [5.41, 5.74) is 0.299. The van der Waals surface area contributed by atoms with E-state index >= 15 is 0 Å². The van der Waals surface area contributed by atoms with Gasteiger partial charge in [0.15, 0.2) is 11.5 Å². The van der Waals surface area contributed by atoms with Gasteiger partial charge < -0.3 is 19.3 Å². The lowest BCUT2D eigenvalue weighted by atomic mass is 10.0. The third kappa shape index (κ3) is 4.90. The molecule has 0 unspecified atom stereocenters. The number of rotatable bonds is 7. The van der Waals surface area contributed by atoms with Crippen molar-refractivity contribution in [2.24, 2.45) is 5.92 Å². The molecule has 3 rings (SSSR count). The monoisotopic (exact) mass is 350 g/mol. The number of nitrogens with zero attached hydrogens (tertiary/aromatic N) is 1. The molecule has 7 heteroatoms. The summed E-state index contributed by atoms with van der Waals surface area (Å²) in [6, 6.07) is 5.76. The molecule has 0 saturated carbocycles. The highest BCUT2D eigenvalue weighted by Gasteiger charge is 2.17. The number of thiophene rings is 1. The number of hydrogen-bond acceptors (Lipinski definition) is 6. The van der Waals surface area contributed by atoms with Gasteiger partial charge in [-0.3, -0.25) is 4.79 Å². The summed E-state index contributed by atoms with van der Waals surface area (Å²) in [5.74, 6) is 0.830. The van der Waals surface area contributed by atoms with Crippen molar-refractivity contribution in [2.75, 3.05) is 19.8 Å². The Morgan fingerprint density at radius 3 is 2.96 bits per heavy atom. The molecule has 0 aliphatic carbocycles. The number of aromatic nitrogens is 1. The zero-order valence-electron chi connectivity index (χ0n) is 13.7. The number of aryl methyl sites for hydroxylation is 1. The molecular formula is C17H22N2O4S. The third-order valence-corrected chi connectivity index (χ3v) is 4.94. The van der Waals surface area contributed by atoms with Crippen LogP contribution in [0.15, 0.2) is 22.7 Å². The van der Waals surface area contributed by atoms with Crippen LogP contribution in [0.5, 0.6) is 0 Å². The van der Waals surface area contributed by atoms with Crippen LogP contribution in [0.2, 0.25) is 0 Å². The third-order valence-electron chi connectivity index (χ3n) is 3.97. The lowest BCUT2D eigenvalue weighted by molar-refractivity contribution is 0.0641. The van der Waals surface area contributed by atoms with E-state index in [1.165, 1.54) is 9.75 Å². The molecule has 6 nitrogen and oxygen atoms in total. The second-order valence-electron chi connectivity index (χ2n) is 5.95. The van der Waals surface area contributed by atoms with E-state index in [1.54, 1.807) is 17.4 Å². The van der Waals surface area contributed by atoms with E-state index in [0.29, 0.717) is 37.1 Å². The van der Waals surface area contributed by atoms with Crippen molar-refractivity contribution in [1.29, 1.82) is 0 Å². The standard InChI is InChI=1S/C17H22N2O4S/c1-12-2-3-15(24-12)11-22-10-14-8-16(19-23-14)17(20)18-9-13-4-6-21-7-5-13/h2-3,8,13H,4-7,9-11H2,1H3,(H,18,20). The fourth-order valence-electron chi connectivity index (χ4n) is 2.58. The van der Waals surface area contributed by atoms with Crippen LogP contribution < -0.4 is 5.32 Å². The van der Waals surface area contributed by atoms with Crippen LogP contribution in [0, 0.1) is 12.8 Å². The van der Waals surface area contributed by atoms with Gasteiger partial charge in [-0.1, -0.05) is 5.16 Å². The van der Waals surface area contributed by atoms with Gasteiger partial charge in [0.1, 0.15) is 6.61 Å². The van der Waals surface area contributed by atoms with E-state index < -0.39 is 0 Å². The molecule has 0 bridgehead atoms. The van der Waals surface area contributed by atoms with Crippen molar-refractivity contribution in [3.8, 4) is 0 Å². The average Bonchev–Trinajstić information content (AvgIpc) is 3.23. The highest BCUT2D eigenvalue weighted by atomic mass is 32.1. The van der Waals surface area contributed by atoms with Crippen molar-refractivity contribution in [1.82, 2.24) is 10.5 Å². The maximum Gasteiger partial charge on any atom is 0.273 e. The van der Waals surface area contributed by atoms with Crippen LogP contribution >= 0.6 is 11.3 Å². The van der Waals surface area contributed by atoms with E-state index in [2.05, 4.69) is 29.5 Å². The van der Waals surface area contributed by atoms with Gasteiger partial charge in [0.25, 0.3) is 5.91 Å². The quantitative estimate of drug-likeness (QED) is 0.831. The first kappa shape index (κ1) is 17.1. The van der Waals surface area contributed by atoms with Gasteiger partial charge in [0, 0.05) is 35.6 Å². The second kappa shape index (κ2) is 8.41. The van der Waals surface area contributed by atoms with Gasteiger partial charge in [-0.05, 0) is 37.8 Å². The van der Waals surface area contributed by atoms with E-state index in [9.17, 15) is 4.79 Å². The molecule has 24 heavy (non-hydrogen) atoms. The zero-order chi connectivity index (χ0) is 16.8. The smallest absolute Gasteiger partial charge is 0.273 e. The lowest BCUT2D eigenvalue weighted by Gasteiger charge is -2.21. The van der Waals surface area contributed by atoms with Crippen molar-refractivity contribution in [2.45, 2.75) is 33.0 Å². The Kier molecular flexibility index (Phi) is 6.01. The predicted octanol–water partition coefficient (Wildman–Crippen LogP) is 2.92. The first-order valence-electron chi connectivity index (χ1n) is 8.15. The molecule has 1 aliphatic heterocycles. The molecule has 1 saturated heterocycles. The number of ether oxygens (including phenoxy) is 2. The summed E-state index contributed by atoms with van der Waals surface area (Å²) >= 11 is 1.71. The Morgan fingerprint density at radius 2 is 2.21 bits per heavy atom. The molecule has 0 aromatic carbocycles. The molecule has 0 spiro atoms. The summed E-state index contributed by atoms with van der Waals surface area (Å²) in [7, 11) is 0. The zero-order valence-corrected chi connectivity index (χ0v) is 14.6. The van der Waals surface area contributed by atoms with Gasteiger partial charge in [-0.25, -0.2) is 0 Å². The Balaban J connectivity index is 1.41. The number of amides is 1. The number of nitrogens with one attached hydrogen (secondary N) is 1. The maximum absolute atomic E-state index is 12.1. The summed E-state index contributed by atoms with van der Waals surface area (Å²) < 4.78 is 16.1. The predicted molar refractivity (Wildman–Crippen MR) is 89.9 cm³/mol. The van der Waals surface area contributed by atoms with Gasteiger partial charge in [-0.2, -0.15) is 0 Å². The highest BCUT2D eigenvalue weighted by Crippen LogP contribution is 2.17. The molecule has 0 atom stereocenters. The fraction of sp³-hybridized carbons (Fsp3) is 0.529. The topological polar surface area (TPSA) is 73.6 Å². The average molecular weight is 350 g/mol. The Morgan fingerprint density at radius 1 is 1.38 bits per heavy atom. The molecule has 1 fully saturated rings. The summed E-state index contributed by atoms with van der Waals surface area (Å²) in [5, 5.41) is 6.73. The molecule has 1 N–H and O–H groups in total. The van der Waals surface area contributed by atoms with Crippen molar-refractivity contribution >= 4 is 17.2 Å². The Bertz CT molecular complexity index is 661. The van der Waals surface area contributed by atoms with Crippen molar-refractivity contribution < 1.29 is 18.8 Å². The van der Waals surface area contributed by atoms with Crippen LogP contribution in [0.1, 0.15) is 38.8 Å². The van der Waals surface area contributed by atoms with Crippen LogP contribution in [-0.4, -0.2) is 30.8 Å². The number of hydrogen-bond donors (Lipinski definition) is 1. The minimum Gasteiger partial charge on any atom is -0.381 e. The number of carbonyl (C=O) groups is 1. The van der Waals surface area contributed by atoms with Crippen molar-refractivity contribution in [3.63, 3.8) is 0 Å². The molecule has 1 amide bonds. The Labute approximate surface area is 145 Å². The van der Waals surface area contributed by atoms with Crippen LogP contribution in [0.4, 0.5) is 0 Å². The Hall–Kier alpha value is -1.70. The summed E-state index contributed by atoms with van der Waals surface area (Å²) in [6.07, 6.45) is 1.97. The number of carbonyl (C=O) groups excluding carboxylic acids is 1. The van der Waals surface area contributed by atoms with Gasteiger partial charge in [0.05, 0.1) is 6.61 Å². The minimum atomic E-state index is -0.203. The molecule has 0 radical (unpaired) electrons. The summed E-state index contributed by atoms with van der Waals surface area (Å²) in [4.78, 5) is 14.5. The van der Waals surface area contributed by atoms with E-state index in [1.807, 2.05) is 0 Å². The largest absolute Gasteiger partial charge is 0.381 e. The van der Waals surface area contributed by atoms with E-state index in [4.69, 9.17) is 14.0 Å². The molecule has 2 aromatic rings. The van der Waals surface area contributed by atoms with Crippen LogP contribution in [0.25, 0.3) is 0 Å². The second-order valence-corrected chi connectivity index (χ2v) is 7.32. The van der Waals surface area contributed by atoms with Crippen molar-refractivity contribution in [3.05, 3.63) is 39.4 Å². The maximum atomic E-state index is 12.1. The van der Waals surface area contributed by atoms with Gasteiger partial charge in [0.2, 0.25) is 0 Å². The van der Waals surface area contributed by atoms with Gasteiger partial charge >= 0.3 is 0 Å². The van der Waals surface area contributed by atoms with Gasteiger partial charge in [-0.15, -0.1) is 11.3 Å². The van der Waals surface area contributed by atoms with E-state index in [0.717, 1.165) is 26.1 Å². The van der Waals surface area contributed by atoms with E-state index in [-0.39, 0.29) is 5.91 Å². The SMILES string of the molecule is Cc1ccc(COCc2cc(C(=O)NCC3CCOCC3)no2)s1. The molecular weight excluding hydrogens is 328 g/mol. The molecule has 3 heterocycles. The lowest BCUT2D eigenvalue weighted by Crippen LogP contribution is -2.32. The van der Waals surface area contributed by atoms with Crippen LogP contribution in [0.3, 0.4) is 0 Å². The molecule has 2 aromatic heterocycles. The fourth-order valence-corrected chi connectivity index (χ4v) is 3.41. The first-order chi connectivity index (χ1) is 11.7. The minimum absolute atomic E-state index is 0.203. The summed E-state index contributed by atoms with van der Waals surface area (Å²) in [6.45, 7) is 5.10. The first-order valence-corrected chi connectivity index (χ1v) is 8.97. The van der Waals surface area contributed by atoms with Crippen LogP contribution in [-0.2, 0) is 22.7 Å². The molecule has 130 valence electrons. The molecule has 1 aliphatic rings.